The maximum absolute atomic E-state index is 13.2. The van der Waals surface area contributed by atoms with Gasteiger partial charge in [-0.3, -0.25) is 4.79 Å². The molecule has 0 saturated heterocycles. The molecule has 2 N–H and O–H groups in total. The highest BCUT2D eigenvalue weighted by Gasteiger charge is 2.18. The van der Waals surface area contributed by atoms with E-state index in [1.165, 1.54) is 15.8 Å². The summed E-state index contributed by atoms with van der Waals surface area (Å²) in [5.74, 6) is 0.581. The minimum absolute atomic E-state index is 0.226. The standard InChI is InChI=1S/C26H27N5O/c1-18-7-11-21(12-8-18)16-27-25-29-26(28-17-22-13-9-19(2)10-14-22)31(30-25)24(32)23-6-4-5-20(3)15-23/h4-15H,16-17H2,1-3H3,(H2,27,28,29,30). The van der Waals surface area contributed by atoms with Crippen LogP contribution in [0.2, 0.25) is 0 Å². The molecule has 6 heteroatoms. The van der Waals surface area contributed by atoms with Gasteiger partial charge in [-0.25, -0.2) is 0 Å². The molecule has 0 aliphatic heterocycles. The van der Waals surface area contributed by atoms with Gasteiger partial charge in [-0.2, -0.15) is 9.67 Å². The molecule has 0 bridgehead atoms. The number of benzene rings is 3. The van der Waals surface area contributed by atoms with E-state index in [1.807, 2.05) is 25.1 Å². The Morgan fingerprint density at radius 1 is 0.781 bits per heavy atom. The van der Waals surface area contributed by atoms with Crippen LogP contribution in [0.5, 0.6) is 0 Å². The monoisotopic (exact) mass is 425 g/mol. The fourth-order valence-corrected chi connectivity index (χ4v) is 3.32. The van der Waals surface area contributed by atoms with E-state index in [-0.39, 0.29) is 5.91 Å². The van der Waals surface area contributed by atoms with E-state index < -0.39 is 0 Å². The molecular formula is C26H27N5O. The van der Waals surface area contributed by atoms with Crippen LogP contribution in [0.4, 0.5) is 11.9 Å². The second kappa shape index (κ2) is 9.47. The van der Waals surface area contributed by atoms with E-state index in [9.17, 15) is 4.79 Å². The molecule has 0 atom stereocenters. The van der Waals surface area contributed by atoms with Gasteiger partial charge in [0.1, 0.15) is 0 Å². The lowest BCUT2D eigenvalue weighted by atomic mass is 10.1. The quantitative estimate of drug-likeness (QED) is 0.430. The van der Waals surface area contributed by atoms with Gasteiger partial charge in [-0.05, 0) is 44.0 Å². The fourth-order valence-electron chi connectivity index (χ4n) is 3.32. The molecule has 162 valence electrons. The number of nitrogens with zero attached hydrogens (tertiary/aromatic N) is 3. The summed E-state index contributed by atoms with van der Waals surface area (Å²) in [6.45, 7) is 7.19. The van der Waals surface area contributed by atoms with Crippen molar-refractivity contribution in [2.45, 2.75) is 33.9 Å². The predicted molar refractivity (Wildman–Crippen MR) is 128 cm³/mol. The largest absolute Gasteiger partial charge is 0.350 e. The molecule has 6 nitrogen and oxygen atoms in total. The van der Waals surface area contributed by atoms with E-state index in [0.29, 0.717) is 30.5 Å². The summed E-state index contributed by atoms with van der Waals surface area (Å²) in [6, 6.07) is 24.0. The minimum Gasteiger partial charge on any atom is -0.350 e. The maximum atomic E-state index is 13.2. The Hall–Kier alpha value is -3.93. The number of hydrogen-bond donors (Lipinski definition) is 2. The third-order valence-electron chi connectivity index (χ3n) is 5.21. The topological polar surface area (TPSA) is 71.8 Å². The van der Waals surface area contributed by atoms with Crippen LogP contribution in [-0.4, -0.2) is 20.7 Å². The van der Waals surface area contributed by atoms with Gasteiger partial charge in [0.2, 0.25) is 11.9 Å². The highest BCUT2D eigenvalue weighted by atomic mass is 16.2. The molecule has 0 unspecified atom stereocenters. The number of aromatic nitrogens is 3. The normalized spacial score (nSPS) is 10.7. The lowest BCUT2D eigenvalue weighted by molar-refractivity contribution is 0.0947. The number of anilines is 2. The maximum Gasteiger partial charge on any atom is 0.281 e. The minimum atomic E-state index is -0.226. The van der Waals surface area contributed by atoms with Gasteiger partial charge in [0.25, 0.3) is 5.91 Å². The van der Waals surface area contributed by atoms with Gasteiger partial charge in [0.15, 0.2) is 0 Å². The summed E-state index contributed by atoms with van der Waals surface area (Å²) in [5, 5.41) is 11.0. The van der Waals surface area contributed by atoms with E-state index in [1.54, 1.807) is 6.07 Å². The number of aryl methyl sites for hydroxylation is 3. The second-order valence-corrected chi connectivity index (χ2v) is 8.02. The Morgan fingerprint density at radius 3 is 1.97 bits per heavy atom. The lowest BCUT2D eigenvalue weighted by Crippen LogP contribution is -2.17. The van der Waals surface area contributed by atoms with Crippen LogP contribution >= 0.6 is 0 Å². The van der Waals surface area contributed by atoms with Crippen LogP contribution in [0, 0.1) is 20.8 Å². The van der Waals surface area contributed by atoms with E-state index in [2.05, 4.69) is 83.1 Å². The summed E-state index contributed by atoms with van der Waals surface area (Å²) in [6.07, 6.45) is 0. The summed E-state index contributed by atoms with van der Waals surface area (Å²) in [4.78, 5) is 17.7. The zero-order valence-corrected chi connectivity index (χ0v) is 18.6. The van der Waals surface area contributed by atoms with Gasteiger partial charge in [-0.15, -0.1) is 5.10 Å². The molecular weight excluding hydrogens is 398 g/mol. The van der Waals surface area contributed by atoms with Gasteiger partial charge < -0.3 is 10.6 Å². The molecule has 0 saturated carbocycles. The van der Waals surface area contributed by atoms with Crippen molar-refractivity contribution in [1.29, 1.82) is 0 Å². The molecule has 4 rings (SSSR count). The molecule has 4 aromatic rings. The Labute approximate surface area is 188 Å². The van der Waals surface area contributed by atoms with Gasteiger partial charge in [0, 0.05) is 18.7 Å². The Balaban J connectivity index is 1.57. The molecule has 0 fully saturated rings. The predicted octanol–water partition coefficient (Wildman–Crippen LogP) is 5.12. The first kappa shape index (κ1) is 21.3. The molecule has 0 spiro atoms. The number of hydrogen-bond acceptors (Lipinski definition) is 5. The van der Waals surface area contributed by atoms with Crippen LogP contribution in [0.25, 0.3) is 0 Å². The number of rotatable bonds is 7. The first-order valence-electron chi connectivity index (χ1n) is 10.7. The summed E-state index contributed by atoms with van der Waals surface area (Å²) in [5.41, 5.74) is 6.21. The molecule has 32 heavy (non-hydrogen) atoms. The molecule has 1 heterocycles. The van der Waals surface area contributed by atoms with Crippen molar-refractivity contribution in [3.8, 4) is 0 Å². The van der Waals surface area contributed by atoms with Gasteiger partial charge in [-0.1, -0.05) is 77.4 Å². The number of nitrogens with one attached hydrogen (secondary N) is 2. The molecule has 3 aromatic carbocycles. The Bertz CT molecular complexity index is 1210. The van der Waals surface area contributed by atoms with Crippen molar-refractivity contribution in [2.75, 3.05) is 10.6 Å². The van der Waals surface area contributed by atoms with Crippen molar-refractivity contribution in [3.63, 3.8) is 0 Å². The summed E-state index contributed by atoms with van der Waals surface area (Å²) < 4.78 is 1.33. The Kier molecular flexibility index (Phi) is 6.31. The lowest BCUT2D eigenvalue weighted by Gasteiger charge is -2.08. The first-order chi connectivity index (χ1) is 15.5. The highest BCUT2D eigenvalue weighted by molar-refractivity contribution is 5.97. The average molecular weight is 426 g/mol. The summed E-state index contributed by atoms with van der Waals surface area (Å²) >= 11 is 0. The van der Waals surface area contributed by atoms with Gasteiger partial charge >= 0.3 is 0 Å². The van der Waals surface area contributed by atoms with E-state index >= 15 is 0 Å². The molecule has 0 amide bonds. The molecule has 0 radical (unpaired) electrons. The van der Waals surface area contributed by atoms with Crippen molar-refractivity contribution >= 4 is 17.8 Å². The van der Waals surface area contributed by atoms with Crippen LogP contribution in [0.3, 0.4) is 0 Å². The van der Waals surface area contributed by atoms with Crippen molar-refractivity contribution in [2.24, 2.45) is 0 Å². The van der Waals surface area contributed by atoms with Crippen molar-refractivity contribution in [3.05, 3.63) is 106 Å². The fraction of sp³-hybridized carbons (Fsp3) is 0.192. The van der Waals surface area contributed by atoms with Crippen LogP contribution < -0.4 is 10.6 Å². The second-order valence-electron chi connectivity index (χ2n) is 8.02. The average Bonchev–Trinajstić information content (AvgIpc) is 3.21. The molecule has 0 aliphatic carbocycles. The van der Waals surface area contributed by atoms with Crippen molar-refractivity contribution in [1.82, 2.24) is 14.8 Å². The van der Waals surface area contributed by atoms with Crippen molar-refractivity contribution < 1.29 is 4.79 Å². The molecule has 1 aromatic heterocycles. The van der Waals surface area contributed by atoms with E-state index in [4.69, 9.17) is 0 Å². The van der Waals surface area contributed by atoms with Gasteiger partial charge in [0.05, 0.1) is 0 Å². The third-order valence-corrected chi connectivity index (χ3v) is 5.21. The zero-order valence-electron chi connectivity index (χ0n) is 18.6. The van der Waals surface area contributed by atoms with Crippen LogP contribution in [-0.2, 0) is 13.1 Å². The SMILES string of the molecule is Cc1ccc(CNc2nc(NCc3ccc(C)cc3)n(C(=O)c3cccc(C)c3)n2)cc1. The van der Waals surface area contributed by atoms with Crippen LogP contribution in [0.1, 0.15) is 38.2 Å². The number of carbonyl (C=O) groups excluding carboxylic acids is 1. The van der Waals surface area contributed by atoms with Crippen LogP contribution in [0.15, 0.2) is 72.8 Å². The Morgan fingerprint density at radius 2 is 1.38 bits per heavy atom. The first-order valence-corrected chi connectivity index (χ1v) is 10.7. The summed E-state index contributed by atoms with van der Waals surface area (Å²) in [7, 11) is 0. The molecule has 0 aliphatic rings. The van der Waals surface area contributed by atoms with E-state index in [0.717, 1.165) is 16.7 Å². The highest BCUT2D eigenvalue weighted by Crippen LogP contribution is 2.16. The smallest absolute Gasteiger partial charge is 0.281 e. The zero-order chi connectivity index (χ0) is 22.5. The number of carbonyl (C=O) groups is 1. The third kappa shape index (κ3) is 5.21.